The minimum Gasteiger partial charge on any atom is -0.378 e. The van der Waals surface area contributed by atoms with Crippen LogP contribution in [0.2, 0.25) is 0 Å². The van der Waals surface area contributed by atoms with Crippen LogP contribution >= 0.6 is 0 Å². The topological polar surface area (TPSA) is 64.9 Å². The van der Waals surface area contributed by atoms with E-state index < -0.39 is 0 Å². The van der Waals surface area contributed by atoms with Crippen molar-refractivity contribution in [2.75, 3.05) is 13.7 Å². The first-order valence-corrected chi connectivity index (χ1v) is 5.38. The van der Waals surface area contributed by atoms with Crippen molar-refractivity contribution in [1.82, 2.24) is 25.5 Å². The van der Waals surface area contributed by atoms with E-state index in [4.69, 9.17) is 4.74 Å². The molecule has 0 amide bonds. The minimum absolute atomic E-state index is 0.395. The van der Waals surface area contributed by atoms with E-state index in [0.717, 1.165) is 25.3 Å². The smallest absolute Gasteiger partial charge is 0.165 e. The van der Waals surface area contributed by atoms with Crippen LogP contribution in [0.15, 0.2) is 0 Å². The van der Waals surface area contributed by atoms with Crippen LogP contribution in [0, 0.1) is 0 Å². The Hall–Kier alpha value is -1.01. The third kappa shape index (κ3) is 2.15. The van der Waals surface area contributed by atoms with Gasteiger partial charge in [0, 0.05) is 6.61 Å². The lowest BCUT2D eigenvalue weighted by atomic mass is 9.89. The Balaban J connectivity index is 1.91. The number of tetrazole rings is 1. The largest absolute Gasteiger partial charge is 0.378 e. The first kappa shape index (κ1) is 10.5. The quantitative estimate of drug-likeness (QED) is 0.750. The highest BCUT2D eigenvalue weighted by Crippen LogP contribution is 2.34. The molecule has 84 valence electrons. The van der Waals surface area contributed by atoms with Crippen LogP contribution < -0.4 is 5.32 Å². The van der Waals surface area contributed by atoms with Gasteiger partial charge in [-0.25, -0.2) is 4.68 Å². The highest BCUT2D eigenvalue weighted by Gasteiger charge is 2.33. The molecule has 0 aliphatic heterocycles. The number of ether oxygens (including phenoxy) is 1. The van der Waals surface area contributed by atoms with Crippen molar-refractivity contribution in [3.05, 3.63) is 5.82 Å². The van der Waals surface area contributed by atoms with Gasteiger partial charge in [0.25, 0.3) is 0 Å². The van der Waals surface area contributed by atoms with E-state index in [1.54, 1.807) is 0 Å². The molecule has 0 spiro atoms. The number of rotatable bonds is 5. The Morgan fingerprint density at radius 1 is 1.53 bits per heavy atom. The summed E-state index contributed by atoms with van der Waals surface area (Å²) in [5, 5.41) is 14.7. The van der Waals surface area contributed by atoms with Gasteiger partial charge in [-0.15, -0.1) is 5.10 Å². The third-order valence-electron chi connectivity index (χ3n) is 2.71. The Bertz CT molecular complexity index is 307. The molecule has 1 fully saturated rings. The molecule has 1 N–H and O–H groups in total. The fourth-order valence-corrected chi connectivity index (χ4v) is 1.88. The lowest BCUT2D eigenvalue weighted by Gasteiger charge is -2.34. The summed E-state index contributed by atoms with van der Waals surface area (Å²) in [6.07, 6.45) is 2.44. The third-order valence-corrected chi connectivity index (χ3v) is 2.71. The maximum atomic E-state index is 5.51. The van der Waals surface area contributed by atoms with E-state index >= 15 is 0 Å². The fraction of sp³-hybridized carbons (Fsp3) is 0.889. The molecule has 1 aromatic heterocycles. The van der Waals surface area contributed by atoms with Gasteiger partial charge in [-0.3, -0.25) is 0 Å². The second-order valence-electron chi connectivity index (χ2n) is 3.77. The molecule has 6 nitrogen and oxygen atoms in total. The number of hydrogen-bond acceptors (Lipinski definition) is 5. The van der Waals surface area contributed by atoms with Crippen molar-refractivity contribution in [2.24, 2.45) is 0 Å². The summed E-state index contributed by atoms with van der Waals surface area (Å²) in [6.45, 7) is 3.52. The lowest BCUT2D eigenvalue weighted by Crippen LogP contribution is -2.35. The summed E-state index contributed by atoms with van der Waals surface area (Å²) in [5.74, 6) is 0.900. The van der Waals surface area contributed by atoms with E-state index in [2.05, 4.69) is 20.8 Å². The van der Waals surface area contributed by atoms with E-state index in [9.17, 15) is 0 Å². The summed E-state index contributed by atoms with van der Waals surface area (Å²) < 4.78 is 7.42. The van der Waals surface area contributed by atoms with E-state index in [-0.39, 0.29) is 0 Å². The molecule has 2 rings (SSSR count). The maximum Gasteiger partial charge on any atom is 0.165 e. The minimum atomic E-state index is 0.395. The molecule has 6 heteroatoms. The van der Waals surface area contributed by atoms with Crippen molar-refractivity contribution < 1.29 is 4.74 Å². The van der Waals surface area contributed by atoms with Gasteiger partial charge in [0.2, 0.25) is 0 Å². The molecule has 0 unspecified atom stereocenters. The van der Waals surface area contributed by atoms with Crippen LogP contribution in [0.1, 0.15) is 31.6 Å². The Morgan fingerprint density at radius 2 is 2.33 bits per heavy atom. The maximum absolute atomic E-state index is 5.51. The zero-order chi connectivity index (χ0) is 10.7. The molecule has 1 aromatic rings. The molecule has 1 saturated carbocycles. The normalized spacial score (nSPS) is 25.2. The van der Waals surface area contributed by atoms with Crippen LogP contribution in [0.5, 0.6) is 0 Å². The van der Waals surface area contributed by atoms with Gasteiger partial charge in [-0.05, 0) is 37.2 Å². The highest BCUT2D eigenvalue weighted by atomic mass is 16.5. The second kappa shape index (κ2) is 4.67. The molecular weight excluding hydrogens is 194 g/mol. The molecule has 0 bridgehead atoms. The Labute approximate surface area is 89.0 Å². The zero-order valence-corrected chi connectivity index (χ0v) is 9.18. The van der Waals surface area contributed by atoms with E-state index in [1.807, 2.05) is 18.7 Å². The first-order chi connectivity index (χ1) is 7.35. The van der Waals surface area contributed by atoms with Crippen LogP contribution in [0.3, 0.4) is 0 Å². The molecule has 0 atom stereocenters. The molecule has 15 heavy (non-hydrogen) atoms. The van der Waals surface area contributed by atoms with Gasteiger partial charge >= 0.3 is 0 Å². The standard InChI is InChI=1S/C9H17N5O/c1-3-15-8-4-7(5-8)14-9(6-10-2)11-12-13-14/h7-8,10H,3-6H2,1-2H3. The molecule has 0 saturated heterocycles. The average molecular weight is 211 g/mol. The highest BCUT2D eigenvalue weighted by molar-refractivity contribution is 4.91. The zero-order valence-electron chi connectivity index (χ0n) is 9.18. The van der Waals surface area contributed by atoms with Crippen molar-refractivity contribution in [1.29, 1.82) is 0 Å². The second-order valence-corrected chi connectivity index (χ2v) is 3.77. The van der Waals surface area contributed by atoms with Crippen molar-refractivity contribution in [3.63, 3.8) is 0 Å². The van der Waals surface area contributed by atoms with Gasteiger partial charge in [0.05, 0.1) is 18.7 Å². The van der Waals surface area contributed by atoms with Crippen LogP contribution in [-0.2, 0) is 11.3 Å². The molecule has 0 aromatic carbocycles. The monoisotopic (exact) mass is 211 g/mol. The van der Waals surface area contributed by atoms with Crippen molar-refractivity contribution >= 4 is 0 Å². The molecule has 1 aliphatic carbocycles. The molecule has 1 aliphatic rings. The number of nitrogens with one attached hydrogen (secondary N) is 1. The summed E-state index contributed by atoms with van der Waals surface area (Å²) in [4.78, 5) is 0. The lowest BCUT2D eigenvalue weighted by molar-refractivity contribution is -0.0239. The van der Waals surface area contributed by atoms with Crippen LogP contribution in [0.4, 0.5) is 0 Å². The van der Waals surface area contributed by atoms with Crippen LogP contribution in [-0.4, -0.2) is 40.0 Å². The van der Waals surface area contributed by atoms with Gasteiger partial charge < -0.3 is 10.1 Å². The number of hydrogen-bond donors (Lipinski definition) is 1. The summed E-state index contributed by atoms with van der Waals surface area (Å²) in [6, 6.07) is 0.417. The summed E-state index contributed by atoms with van der Waals surface area (Å²) in [7, 11) is 1.89. The Morgan fingerprint density at radius 3 is 3.00 bits per heavy atom. The van der Waals surface area contributed by atoms with Gasteiger partial charge in [-0.1, -0.05) is 0 Å². The summed E-state index contributed by atoms with van der Waals surface area (Å²) >= 11 is 0. The van der Waals surface area contributed by atoms with E-state index in [1.165, 1.54) is 0 Å². The molecular formula is C9H17N5O. The number of aromatic nitrogens is 4. The van der Waals surface area contributed by atoms with Crippen LogP contribution in [0.25, 0.3) is 0 Å². The van der Waals surface area contributed by atoms with Crippen molar-refractivity contribution in [3.8, 4) is 0 Å². The predicted molar refractivity (Wildman–Crippen MR) is 54.3 cm³/mol. The predicted octanol–water partition coefficient (Wildman–Crippen LogP) is 0.132. The van der Waals surface area contributed by atoms with Gasteiger partial charge in [0.1, 0.15) is 0 Å². The fourth-order valence-electron chi connectivity index (χ4n) is 1.88. The first-order valence-electron chi connectivity index (χ1n) is 5.38. The summed E-state index contributed by atoms with van der Waals surface area (Å²) in [5.41, 5.74) is 0. The van der Waals surface area contributed by atoms with Gasteiger partial charge in [0.15, 0.2) is 5.82 Å². The SMILES string of the molecule is CCOC1CC(n2nnnc2CNC)C1. The van der Waals surface area contributed by atoms with Crippen molar-refractivity contribution in [2.45, 2.75) is 38.5 Å². The average Bonchev–Trinajstić information content (AvgIpc) is 2.59. The van der Waals surface area contributed by atoms with Gasteiger partial charge in [-0.2, -0.15) is 0 Å². The van der Waals surface area contributed by atoms with E-state index in [0.29, 0.717) is 18.7 Å². The molecule has 1 heterocycles. The molecule has 0 radical (unpaired) electrons. The number of nitrogens with zero attached hydrogens (tertiary/aromatic N) is 4. The Kier molecular flexibility index (Phi) is 3.27.